The van der Waals surface area contributed by atoms with Gasteiger partial charge in [-0.25, -0.2) is 4.79 Å². The van der Waals surface area contributed by atoms with E-state index in [9.17, 15) is 20.0 Å². The quantitative estimate of drug-likeness (QED) is 0.189. The molecule has 0 unspecified atom stereocenters. The maximum absolute atomic E-state index is 14.2. The Balaban J connectivity index is 1.28. The Morgan fingerprint density at radius 3 is 2.18 bits per heavy atom. The Kier molecular flexibility index (Phi) is 6.99. The second-order valence-corrected chi connectivity index (χ2v) is 11.6. The molecule has 2 N–H and O–H groups in total. The van der Waals surface area contributed by atoms with Crippen LogP contribution in [0.2, 0.25) is 0 Å². The predicted octanol–water partition coefficient (Wildman–Crippen LogP) is 8.01. The maximum atomic E-state index is 14.2. The van der Waals surface area contributed by atoms with Crippen LogP contribution in [0, 0.1) is 11.3 Å². The van der Waals surface area contributed by atoms with Gasteiger partial charge in [0.2, 0.25) is 0 Å². The summed E-state index contributed by atoms with van der Waals surface area (Å²) in [5, 5.41) is 22.9. The molecule has 1 fully saturated rings. The summed E-state index contributed by atoms with van der Waals surface area (Å²) in [6.07, 6.45) is 3.57. The highest BCUT2D eigenvalue weighted by Crippen LogP contribution is 2.46. The largest absolute Gasteiger partial charge is 0.478 e. The van der Waals surface area contributed by atoms with Crippen LogP contribution in [0.4, 0.5) is 0 Å². The van der Waals surface area contributed by atoms with Crippen molar-refractivity contribution in [1.82, 2.24) is 9.88 Å². The lowest BCUT2D eigenvalue weighted by molar-refractivity contribution is 0.0696. The lowest BCUT2D eigenvalue weighted by Gasteiger charge is -2.20. The fourth-order valence-electron chi connectivity index (χ4n) is 6.06. The van der Waals surface area contributed by atoms with Crippen molar-refractivity contribution in [2.24, 2.45) is 0 Å². The minimum Gasteiger partial charge on any atom is -0.478 e. The monoisotopic (exact) mass is 587 g/mol. The number of nitrogens with one attached hydrogen (secondary N) is 1. The Hall–Kier alpha value is -5.93. The SMILES string of the molecule is N#Cc1ccc(-c2cc(C(=O)NC3(c4ccc(C(=O)O)cc4)CC3)c3c(ccn3Cc3cccc(-c4ccccc4)c3)c2)cc1. The van der Waals surface area contributed by atoms with Gasteiger partial charge in [-0.15, -0.1) is 0 Å². The lowest BCUT2D eigenvalue weighted by Crippen LogP contribution is -2.35. The Morgan fingerprint density at radius 2 is 1.49 bits per heavy atom. The molecule has 6 heteroatoms. The van der Waals surface area contributed by atoms with Crippen LogP contribution in [-0.2, 0) is 12.1 Å². The van der Waals surface area contributed by atoms with E-state index in [4.69, 9.17) is 0 Å². The van der Waals surface area contributed by atoms with Crippen molar-refractivity contribution in [1.29, 1.82) is 5.26 Å². The van der Waals surface area contributed by atoms with E-state index < -0.39 is 11.5 Å². The third kappa shape index (κ3) is 5.48. The maximum Gasteiger partial charge on any atom is 0.335 e. The standard InChI is InChI=1S/C39H29N3O3/c40-24-26-9-11-29(12-10-26)33-22-32-17-20-42(25-27-5-4-8-31(21-27)28-6-2-1-3-7-28)36(32)35(23-33)37(43)41-39(18-19-39)34-15-13-30(14-16-34)38(44)45/h1-17,20-23H,18-19,25H2,(H,41,43)(H,44,45). The Bertz CT molecular complexity index is 2100. The van der Waals surface area contributed by atoms with E-state index in [-0.39, 0.29) is 11.5 Å². The molecule has 0 saturated heterocycles. The van der Waals surface area contributed by atoms with E-state index >= 15 is 0 Å². The van der Waals surface area contributed by atoms with Crippen LogP contribution in [-0.4, -0.2) is 21.6 Å². The van der Waals surface area contributed by atoms with E-state index in [1.807, 2.05) is 48.7 Å². The van der Waals surface area contributed by atoms with Gasteiger partial charge < -0.3 is 15.0 Å². The summed E-state index contributed by atoms with van der Waals surface area (Å²) in [7, 11) is 0. The van der Waals surface area contributed by atoms with Gasteiger partial charge in [-0.3, -0.25) is 4.79 Å². The smallest absolute Gasteiger partial charge is 0.335 e. The highest BCUT2D eigenvalue weighted by atomic mass is 16.4. The van der Waals surface area contributed by atoms with Crippen LogP contribution in [0.5, 0.6) is 0 Å². The van der Waals surface area contributed by atoms with Crippen LogP contribution in [0.25, 0.3) is 33.2 Å². The molecule has 0 atom stereocenters. The second-order valence-electron chi connectivity index (χ2n) is 11.6. The van der Waals surface area contributed by atoms with E-state index in [1.54, 1.807) is 36.4 Å². The first-order valence-electron chi connectivity index (χ1n) is 14.9. The van der Waals surface area contributed by atoms with Gasteiger partial charge in [-0.2, -0.15) is 5.26 Å². The van der Waals surface area contributed by atoms with Gasteiger partial charge in [0.15, 0.2) is 0 Å². The number of rotatable bonds is 8. The summed E-state index contributed by atoms with van der Waals surface area (Å²) in [5.74, 6) is -1.17. The molecular formula is C39H29N3O3. The molecule has 0 aliphatic heterocycles. The first-order chi connectivity index (χ1) is 21.9. The third-order valence-corrected chi connectivity index (χ3v) is 8.63. The van der Waals surface area contributed by atoms with Gasteiger partial charge in [0, 0.05) is 18.1 Å². The third-order valence-electron chi connectivity index (χ3n) is 8.63. The summed E-state index contributed by atoms with van der Waals surface area (Å²) in [4.78, 5) is 25.6. The molecule has 7 rings (SSSR count). The number of fused-ring (bicyclic) bond motifs is 1. The number of hydrogen-bond donors (Lipinski definition) is 2. The van der Waals surface area contributed by atoms with Crippen LogP contribution in [0.15, 0.2) is 128 Å². The number of nitriles is 1. The van der Waals surface area contributed by atoms with E-state index in [0.717, 1.165) is 57.1 Å². The van der Waals surface area contributed by atoms with Crippen LogP contribution >= 0.6 is 0 Å². The summed E-state index contributed by atoms with van der Waals surface area (Å²) >= 11 is 0. The molecule has 1 heterocycles. The molecule has 0 spiro atoms. The number of carbonyl (C=O) groups is 2. The van der Waals surface area contributed by atoms with Crippen molar-refractivity contribution in [3.05, 3.63) is 155 Å². The molecule has 1 saturated carbocycles. The summed E-state index contributed by atoms with van der Waals surface area (Å²) < 4.78 is 2.12. The summed E-state index contributed by atoms with van der Waals surface area (Å²) in [5.41, 5.74) is 7.75. The van der Waals surface area contributed by atoms with Crippen LogP contribution < -0.4 is 5.32 Å². The van der Waals surface area contributed by atoms with Gasteiger partial charge in [0.1, 0.15) is 0 Å². The zero-order valence-corrected chi connectivity index (χ0v) is 24.4. The number of carboxylic acid groups (broad SMARTS) is 1. The zero-order chi connectivity index (χ0) is 31.0. The molecule has 0 bridgehead atoms. The molecule has 0 radical (unpaired) electrons. The molecule has 45 heavy (non-hydrogen) atoms. The van der Waals surface area contributed by atoms with E-state index in [2.05, 4.69) is 58.4 Å². The van der Waals surface area contributed by atoms with E-state index in [0.29, 0.717) is 17.7 Å². The number of carboxylic acids is 1. The average Bonchev–Trinajstić information content (AvgIpc) is 3.76. The highest BCUT2D eigenvalue weighted by Gasteiger charge is 2.46. The van der Waals surface area contributed by atoms with Crippen molar-refractivity contribution < 1.29 is 14.7 Å². The fourth-order valence-corrected chi connectivity index (χ4v) is 6.06. The minimum atomic E-state index is -0.979. The van der Waals surface area contributed by atoms with Gasteiger partial charge >= 0.3 is 5.97 Å². The predicted molar refractivity (Wildman–Crippen MR) is 175 cm³/mol. The number of aromatic nitrogens is 1. The number of aromatic carboxylic acids is 1. The summed E-state index contributed by atoms with van der Waals surface area (Å²) in [6, 6.07) is 41.1. The molecule has 1 aliphatic rings. The molecule has 1 aliphatic carbocycles. The molecule has 1 aromatic heterocycles. The first-order valence-corrected chi connectivity index (χ1v) is 14.9. The second kappa shape index (κ2) is 11.3. The van der Waals surface area contributed by atoms with Crippen molar-refractivity contribution in [2.75, 3.05) is 0 Å². The minimum absolute atomic E-state index is 0.187. The number of nitrogens with zero attached hydrogens (tertiary/aromatic N) is 2. The molecular weight excluding hydrogens is 558 g/mol. The molecule has 6 aromatic rings. The normalized spacial score (nSPS) is 13.2. The van der Waals surface area contributed by atoms with Gasteiger partial charge in [0.05, 0.1) is 33.8 Å². The molecule has 6 nitrogen and oxygen atoms in total. The van der Waals surface area contributed by atoms with Gasteiger partial charge in [-0.1, -0.05) is 72.8 Å². The lowest BCUT2D eigenvalue weighted by atomic mass is 9.98. The molecule has 218 valence electrons. The topological polar surface area (TPSA) is 95.1 Å². The zero-order valence-electron chi connectivity index (χ0n) is 24.4. The molecule has 1 amide bonds. The molecule has 5 aromatic carbocycles. The van der Waals surface area contributed by atoms with Crippen molar-refractivity contribution in [3.63, 3.8) is 0 Å². The first kappa shape index (κ1) is 27.9. The van der Waals surface area contributed by atoms with Crippen LogP contribution in [0.3, 0.4) is 0 Å². The van der Waals surface area contributed by atoms with Crippen LogP contribution in [0.1, 0.15) is 50.2 Å². The van der Waals surface area contributed by atoms with E-state index in [1.165, 1.54) is 0 Å². The average molecular weight is 588 g/mol. The number of amides is 1. The Labute approximate surface area is 260 Å². The van der Waals surface area contributed by atoms with Gasteiger partial charge in [-0.05, 0) is 94.8 Å². The highest BCUT2D eigenvalue weighted by molar-refractivity contribution is 6.08. The number of benzene rings is 5. The number of carbonyl (C=O) groups excluding carboxylic acids is 1. The number of hydrogen-bond acceptors (Lipinski definition) is 3. The van der Waals surface area contributed by atoms with Gasteiger partial charge in [0.25, 0.3) is 5.91 Å². The van der Waals surface area contributed by atoms with Crippen molar-refractivity contribution in [3.8, 4) is 28.3 Å². The van der Waals surface area contributed by atoms with Crippen molar-refractivity contribution >= 4 is 22.8 Å². The fraction of sp³-hybridized carbons (Fsp3) is 0.103. The summed E-state index contributed by atoms with van der Waals surface area (Å²) in [6.45, 7) is 0.586. The Morgan fingerprint density at radius 1 is 0.778 bits per heavy atom. The van der Waals surface area contributed by atoms with Crippen molar-refractivity contribution in [2.45, 2.75) is 24.9 Å².